The molecule has 0 aromatic heterocycles. The molecule has 1 fully saturated rings. The van der Waals surface area contributed by atoms with Crippen LogP contribution < -0.4 is 5.32 Å². The van der Waals surface area contributed by atoms with E-state index in [-0.39, 0.29) is 17.4 Å². The van der Waals surface area contributed by atoms with Crippen LogP contribution in [0.5, 0.6) is 0 Å². The van der Waals surface area contributed by atoms with E-state index >= 15 is 0 Å². The number of aliphatic imine (C=N–C) groups is 1. The molecule has 1 aromatic carbocycles. The molecule has 1 N–H and O–H groups in total. The van der Waals surface area contributed by atoms with Crippen molar-refractivity contribution in [2.24, 2.45) is 4.99 Å². The minimum Gasteiger partial charge on any atom is -0.326 e. The van der Waals surface area contributed by atoms with Crippen molar-refractivity contribution in [3.63, 3.8) is 0 Å². The summed E-state index contributed by atoms with van der Waals surface area (Å²) in [6.07, 6.45) is 4.01. The van der Waals surface area contributed by atoms with Crippen LogP contribution in [0.15, 0.2) is 29.3 Å². The Hall–Kier alpha value is -1.71. The summed E-state index contributed by atoms with van der Waals surface area (Å²) in [5.41, 5.74) is 0.750. The van der Waals surface area contributed by atoms with Gasteiger partial charge in [0.2, 0.25) is 0 Å². The van der Waals surface area contributed by atoms with E-state index in [9.17, 15) is 9.18 Å². The number of carbonyl (C=O) groups excluding carboxylic acids is 1. The average molecular weight is 232 g/mol. The molecule has 1 heterocycles. The van der Waals surface area contributed by atoms with E-state index < -0.39 is 0 Å². The van der Waals surface area contributed by atoms with Gasteiger partial charge in [-0.25, -0.2) is 4.39 Å². The van der Waals surface area contributed by atoms with Gasteiger partial charge in [0.05, 0.1) is 0 Å². The zero-order valence-electron chi connectivity index (χ0n) is 9.37. The minimum absolute atomic E-state index is 0.140. The van der Waals surface area contributed by atoms with E-state index in [1.54, 1.807) is 12.1 Å². The Labute approximate surface area is 98.7 Å². The number of carbonyl (C=O) groups is 1. The van der Waals surface area contributed by atoms with Gasteiger partial charge < -0.3 is 5.32 Å². The van der Waals surface area contributed by atoms with Crippen molar-refractivity contribution in [3.8, 4) is 0 Å². The summed E-state index contributed by atoms with van der Waals surface area (Å²) in [4.78, 5) is 16.4. The molecular weight excluding hydrogens is 219 g/mol. The molecular formula is C13H13FN2O. The quantitative estimate of drug-likeness (QED) is 0.790. The van der Waals surface area contributed by atoms with Gasteiger partial charge in [0.25, 0.3) is 5.91 Å². The molecule has 3 nitrogen and oxygen atoms in total. The molecule has 88 valence electrons. The normalized spacial score (nSPS) is 21.7. The van der Waals surface area contributed by atoms with Crippen LogP contribution in [0.3, 0.4) is 0 Å². The third kappa shape index (κ3) is 1.73. The van der Waals surface area contributed by atoms with Crippen molar-refractivity contribution in [1.82, 2.24) is 5.32 Å². The maximum absolute atomic E-state index is 12.8. The number of benzene rings is 1. The molecule has 0 atom stereocenters. The lowest BCUT2D eigenvalue weighted by Crippen LogP contribution is -2.39. The number of nitrogens with zero attached hydrogens (tertiary/aromatic N) is 1. The van der Waals surface area contributed by atoms with Crippen LogP contribution in [0.25, 0.3) is 0 Å². The Kier molecular flexibility index (Phi) is 2.24. The van der Waals surface area contributed by atoms with Crippen molar-refractivity contribution in [1.29, 1.82) is 0 Å². The van der Waals surface area contributed by atoms with Crippen molar-refractivity contribution in [2.45, 2.75) is 31.3 Å². The first-order valence-electron chi connectivity index (χ1n) is 5.87. The Bertz CT molecular complexity index is 487. The number of nitrogens with one attached hydrogen (secondary N) is 1. The van der Waals surface area contributed by atoms with E-state index in [0.29, 0.717) is 11.3 Å². The highest BCUT2D eigenvalue weighted by molar-refractivity contribution is 6.46. The standard InChI is InChI=1S/C13H13FN2O/c14-10-5-3-9(4-6-10)11-12(17)16-13(15-11)7-1-2-8-13/h3-6H,1-2,7-8H2,(H,16,17). The third-order valence-corrected chi connectivity index (χ3v) is 3.44. The van der Waals surface area contributed by atoms with Gasteiger partial charge in [-0.05, 0) is 49.9 Å². The molecule has 0 bridgehead atoms. The lowest BCUT2D eigenvalue weighted by atomic mass is 10.1. The summed E-state index contributed by atoms with van der Waals surface area (Å²) < 4.78 is 12.8. The molecule has 17 heavy (non-hydrogen) atoms. The van der Waals surface area contributed by atoms with Crippen molar-refractivity contribution >= 4 is 11.6 Å². The van der Waals surface area contributed by atoms with Crippen LogP contribution >= 0.6 is 0 Å². The van der Waals surface area contributed by atoms with Crippen LogP contribution in [0.2, 0.25) is 0 Å². The van der Waals surface area contributed by atoms with Crippen LogP contribution in [-0.4, -0.2) is 17.3 Å². The molecule has 2 aliphatic rings. The second-order valence-corrected chi connectivity index (χ2v) is 4.66. The van der Waals surface area contributed by atoms with Gasteiger partial charge in [-0.2, -0.15) is 0 Å². The highest BCUT2D eigenvalue weighted by Gasteiger charge is 2.41. The fourth-order valence-electron chi connectivity index (χ4n) is 2.56. The second-order valence-electron chi connectivity index (χ2n) is 4.66. The summed E-state index contributed by atoms with van der Waals surface area (Å²) in [5, 5.41) is 2.96. The number of hydrogen-bond acceptors (Lipinski definition) is 2. The van der Waals surface area contributed by atoms with Crippen LogP contribution in [0.4, 0.5) is 4.39 Å². The number of hydrogen-bond donors (Lipinski definition) is 1. The molecule has 0 radical (unpaired) electrons. The molecule has 1 saturated carbocycles. The fourth-order valence-corrected chi connectivity index (χ4v) is 2.56. The first-order chi connectivity index (χ1) is 8.19. The van der Waals surface area contributed by atoms with Crippen LogP contribution in [-0.2, 0) is 4.79 Å². The average Bonchev–Trinajstić information content (AvgIpc) is 2.88. The molecule has 3 rings (SSSR count). The topological polar surface area (TPSA) is 41.5 Å². The highest BCUT2D eigenvalue weighted by atomic mass is 19.1. The van der Waals surface area contributed by atoms with E-state index in [0.717, 1.165) is 25.7 Å². The number of halogens is 1. The van der Waals surface area contributed by atoms with Crippen molar-refractivity contribution in [3.05, 3.63) is 35.6 Å². The monoisotopic (exact) mass is 232 g/mol. The maximum Gasteiger partial charge on any atom is 0.272 e. The zero-order chi connectivity index (χ0) is 11.9. The Morgan fingerprint density at radius 2 is 1.82 bits per heavy atom. The maximum atomic E-state index is 12.8. The molecule has 1 aliphatic carbocycles. The zero-order valence-corrected chi connectivity index (χ0v) is 9.37. The highest BCUT2D eigenvalue weighted by Crippen LogP contribution is 2.34. The molecule has 0 unspecified atom stereocenters. The van der Waals surface area contributed by atoms with Gasteiger partial charge in [0, 0.05) is 5.56 Å². The largest absolute Gasteiger partial charge is 0.326 e. The first-order valence-corrected chi connectivity index (χ1v) is 5.87. The van der Waals surface area contributed by atoms with Crippen molar-refractivity contribution < 1.29 is 9.18 Å². The smallest absolute Gasteiger partial charge is 0.272 e. The molecule has 1 spiro atoms. The first kappa shape index (κ1) is 10.4. The molecule has 0 saturated heterocycles. The predicted molar refractivity (Wildman–Crippen MR) is 62.3 cm³/mol. The Morgan fingerprint density at radius 1 is 1.18 bits per heavy atom. The van der Waals surface area contributed by atoms with E-state index in [2.05, 4.69) is 10.3 Å². The van der Waals surface area contributed by atoms with Gasteiger partial charge in [0.1, 0.15) is 17.2 Å². The fraction of sp³-hybridized carbons (Fsp3) is 0.385. The summed E-state index contributed by atoms with van der Waals surface area (Å²) in [6.45, 7) is 0. The molecule has 1 aliphatic heterocycles. The third-order valence-electron chi connectivity index (χ3n) is 3.44. The van der Waals surface area contributed by atoms with Gasteiger partial charge in [-0.15, -0.1) is 0 Å². The van der Waals surface area contributed by atoms with E-state index in [4.69, 9.17) is 0 Å². The summed E-state index contributed by atoms with van der Waals surface area (Å²) >= 11 is 0. The molecule has 1 amide bonds. The van der Waals surface area contributed by atoms with Crippen LogP contribution in [0, 0.1) is 5.82 Å². The summed E-state index contributed by atoms with van der Waals surface area (Å²) in [7, 11) is 0. The van der Waals surface area contributed by atoms with E-state index in [1.807, 2.05) is 0 Å². The lowest BCUT2D eigenvalue weighted by molar-refractivity contribution is -0.115. The Balaban J connectivity index is 1.97. The van der Waals surface area contributed by atoms with Crippen LogP contribution in [0.1, 0.15) is 31.2 Å². The Morgan fingerprint density at radius 3 is 2.47 bits per heavy atom. The van der Waals surface area contributed by atoms with Gasteiger partial charge >= 0.3 is 0 Å². The summed E-state index contributed by atoms with van der Waals surface area (Å²) in [5.74, 6) is -0.443. The second kappa shape index (κ2) is 3.65. The van der Waals surface area contributed by atoms with E-state index in [1.165, 1.54) is 12.1 Å². The number of rotatable bonds is 1. The summed E-state index contributed by atoms with van der Waals surface area (Å²) in [6, 6.07) is 5.90. The van der Waals surface area contributed by atoms with Gasteiger partial charge in [-0.1, -0.05) is 0 Å². The van der Waals surface area contributed by atoms with Gasteiger partial charge in [-0.3, -0.25) is 9.79 Å². The molecule has 1 aromatic rings. The molecule has 4 heteroatoms. The number of amides is 1. The van der Waals surface area contributed by atoms with Gasteiger partial charge in [0.15, 0.2) is 0 Å². The lowest BCUT2D eigenvalue weighted by Gasteiger charge is -2.18. The SMILES string of the molecule is O=C1NC2(CCCC2)N=C1c1ccc(F)cc1. The van der Waals surface area contributed by atoms with Crippen molar-refractivity contribution in [2.75, 3.05) is 0 Å². The predicted octanol–water partition coefficient (Wildman–Crippen LogP) is 2.01. The minimum atomic E-state index is -0.374.